The lowest BCUT2D eigenvalue weighted by molar-refractivity contribution is 0.573. The van der Waals surface area contributed by atoms with E-state index in [9.17, 15) is 0 Å². The third-order valence-corrected chi connectivity index (χ3v) is 4.84. The zero-order valence-corrected chi connectivity index (χ0v) is 12.3. The summed E-state index contributed by atoms with van der Waals surface area (Å²) in [5.74, 6) is 1.61. The van der Waals surface area contributed by atoms with E-state index < -0.39 is 0 Å². The highest BCUT2D eigenvalue weighted by molar-refractivity contribution is 7.18. The summed E-state index contributed by atoms with van der Waals surface area (Å²) in [5, 5.41) is 4.84. The van der Waals surface area contributed by atoms with Crippen LogP contribution in [0.2, 0.25) is 5.28 Å². The highest BCUT2D eigenvalue weighted by Crippen LogP contribution is 2.51. The van der Waals surface area contributed by atoms with Gasteiger partial charge in [0.1, 0.15) is 10.6 Å². The van der Waals surface area contributed by atoms with Gasteiger partial charge in [-0.1, -0.05) is 13.8 Å². The number of rotatable bonds is 3. The summed E-state index contributed by atoms with van der Waals surface area (Å²) < 4.78 is 0. The van der Waals surface area contributed by atoms with Gasteiger partial charge in [-0.2, -0.15) is 0 Å². The first kappa shape index (κ1) is 12.2. The molecular weight excluding hydrogens is 266 g/mol. The Morgan fingerprint density at radius 2 is 2.22 bits per heavy atom. The minimum Gasteiger partial charge on any atom is -0.369 e. The molecule has 3 nitrogen and oxygen atoms in total. The van der Waals surface area contributed by atoms with Crippen LogP contribution >= 0.6 is 22.9 Å². The Labute approximate surface area is 116 Å². The second kappa shape index (κ2) is 4.07. The molecule has 1 saturated carbocycles. The number of hydrogen-bond donors (Lipinski definition) is 1. The van der Waals surface area contributed by atoms with Gasteiger partial charge in [0.05, 0.1) is 5.39 Å². The van der Waals surface area contributed by atoms with Crippen LogP contribution in [0, 0.1) is 18.3 Å². The van der Waals surface area contributed by atoms with Gasteiger partial charge >= 0.3 is 0 Å². The highest BCUT2D eigenvalue weighted by Gasteiger charge is 2.45. The van der Waals surface area contributed by atoms with Crippen LogP contribution in [0.25, 0.3) is 10.2 Å². The lowest BCUT2D eigenvalue weighted by Gasteiger charge is -2.08. The van der Waals surface area contributed by atoms with Gasteiger partial charge in [-0.3, -0.25) is 0 Å². The van der Waals surface area contributed by atoms with Crippen molar-refractivity contribution < 1.29 is 0 Å². The monoisotopic (exact) mass is 281 g/mol. The topological polar surface area (TPSA) is 37.8 Å². The summed E-state index contributed by atoms with van der Waals surface area (Å²) in [7, 11) is 0. The van der Waals surface area contributed by atoms with Crippen molar-refractivity contribution in [1.29, 1.82) is 0 Å². The molecule has 0 radical (unpaired) electrons. The summed E-state index contributed by atoms with van der Waals surface area (Å²) >= 11 is 7.62. The lowest BCUT2D eigenvalue weighted by atomic mass is 10.1. The maximum Gasteiger partial charge on any atom is 0.225 e. The minimum absolute atomic E-state index is 0.321. The van der Waals surface area contributed by atoms with Gasteiger partial charge in [0.25, 0.3) is 0 Å². The Morgan fingerprint density at radius 3 is 2.89 bits per heavy atom. The van der Waals surface area contributed by atoms with Gasteiger partial charge in [0, 0.05) is 11.4 Å². The van der Waals surface area contributed by atoms with Crippen LogP contribution in [-0.4, -0.2) is 16.5 Å². The molecule has 2 aromatic rings. The zero-order valence-electron chi connectivity index (χ0n) is 10.7. The van der Waals surface area contributed by atoms with Crippen molar-refractivity contribution in [1.82, 2.24) is 9.97 Å². The van der Waals surface area contributed by atoms with E-state index in [1.54, 1.807) is 11.3 Å². The zero-order chi connectivity index (χ0) is 12.9. The minimum atomic E-state index is 0.321. The Kier molecular flexibility index (Phi) is 2.75. The molecule has 1 N–H and O–H groups in total. The predicted octanol–water partition coefficient (Wildman–Crippen LogP) is 4.11. The van der Waals surface area contributed by atoms with Gasteiger partial charge in [-0.05, 0) is 42.3 Å². The normalized spacial score (nSPS) is 21.2. The molecule has 0 aromatic carbocycles. The lowest BCUT2D eigenvalue weighted by Crippen LogP contribution is -2.09. The van der Waals surface area contributed by atoms with Crippen molar-refractivity contribution in [2.45, 2.75) is 27.2 Å². The molecule has 1 fully saturated rings. The van der Waals surface area contributed by atoms with Gasteiger partial charge < -0.3 is 5.32 Å². The second-order valence-electron chi connectivity index (χ2n) is 5.69. The molecule has 0 bridgehead atoms. The quantitative estimate of drug-likeness (QED) is 0.861. The molecule has 0 saturated heterocycles. The Morgan fingerprint density at radius 1 is 1.50 bits per heavy atom. The van der Waals surface area contributed by atoms with E-state index in [1.165, 1.54) is 11.3 Å². The first-order valence-corrected chi connectivity index (χ1v) is 7.33. The van der Waals surface area contributed by atoms with Crippen molar-refractivity contribution in [2.24, 2.45) is 11.3 Å². The number of anilines is 1. The molecular formula is C13H16ClN3S. The summed E-state index contributed by atoms with van der Waals surface area (Å²) in [6.07, 6.45) is 1.28. The van der Waals surface area contributed by atoms with E-state index in [4.69, 9.17) is 11.6 Å². The van der Waals surface area contributed by atoms with E-state index >= 15 is 0 Å². The van der Waals surface area contributed by atoms with E-state index in [2.05, 4.69) is 42.1 Å². The molecule has 0 spiro atoms. The standard InChI is InChI=1S/C13H16ClN3S/c1-7-4-9-10(15-6-8-5-13(8,2)3)16-12(14)17-11(9)18-7/h4,8H,5-6H2,1-3H3,(H,15,16,17). The third kappa shape index (κ3) is 2.19. The predicted molar refractivity (Wildman–Crippen MR) is 77.5 cm³/mol. The van der Waals surface area contributed by atoms with Crippen molar-refractivity contribution >= 4 is 39.0 Å². The number of aromatic nitrogens is 2. The SMILES string of the molecule is Cc1cc2c(NCC3CC3(C)C)nc(Cl)nc2s1. The van der Waals surface area contributed by atoms with Crippen LogP contribution in [-0.2, 0) is 0 Å². The van der Waals surface area contributed by atoms with Crippen LogP contribution in [0.5, 0.6) is 0 Å². The first-order chi connectivity index (χ1) is 8.45. The van der Waals surface area contributed by atoms with E-state index in [-0.39, 0.29) is 0 Å². The molecule has 3 rings (SSSR count). The van der Waals surface area contributed by atoms with Gasteiger partial charge in [0.2, 0.25) is 5.28 Å². The molecule has 1 atom stereocenters. The fourth-order valence-corrected chi connectivity index (χ4v) is 3.39. The van der Waals surface area contributed by atoms with E-state index in [1.807, 2.05) is 0 Å². The smallest absolute Gasteiger partial charge is 0.225 e. The molecule has 1 aliphatic rings. The Balaban J connectivity index is 1.86. The Hall–Kier alpha value is -0.870. The number of nitrogens with one attached hydrogen (secondary N) is 1. The van der Waals surface area contributed by atoms with E-state index in [0.717, 1.165) is 28.5 Å². The number of thiophene rings is 1. The van der Waals surface area contributed by atoms with Crippen LogP contribution in [0.4, 0.5) is 5.82 Å². The first-order valence-electron chi connectivity index (χ1n) is 6.13. The fraction of sp³-hybridized carbons (Fsp3) is 0.538. The number of aryl methyl sites for hydroxylation is 1. The second-order valence-corrected chi connectivity index (χ2v) is 7.26. The summed E-state index contributed by atoms with van der Waals surface area (Å²) in [6, 6.07) is 2.12. The highest BCUT2D eigenvalue weighted by atomic mass is 35.5. The largest absolute Gasteiger partial charge is 0.369 e. The molecule has 18 heavy (non-hydrogen) atoms. The van der Waals surface area contributed by atoms with E-state index in [0.29, 0.717) is 10.7 Å². The van der Waals surface area contributed by atoms with Crippen LogP contribution in [0.3, 0.4) is 0 Å². The van der Waals surface area contributed by atoms with Crippen LogP contribution < -0.4 is 5.32 Å². The van der Waals surface area contributed by atoms with Gasteiger partial charge in [-0.25, -0.2) is 9.97 Å². The average molecular weight is 282 g/mol. The number of fused-ring (bicyclic) bond motifs is 1. The van der Waals surface area contributed by atoms with Crippen molar-refractivity contribution in [2.75, 3.05) is 11.9 Å². The molecule has 1 aliphatic carbocycles. The number of hydrogen-bond acceptors (Lipinski definition) is 4. The maximum atomic E-state index is 5.96. The van der Waals surface area contributed by atoms with Crippen molar-refractivity contribution in [3.63, 3.8) is 0 Å². The molecule has 0 amide bonds. The van der Waals surface area contributed by atoms with Gasteiger partial charge in [0.15, 0.2) is 0 Å². The van der Waals surface area contributed by atoms with Crippen LogP contribution in [0.1, 0.15) is 25.1 Å². The molecule has 5 heteroatoms. The maximum absolute atomic E-state index is 5.96. The summed E-state index contributed by atoms with van der Waals surface area (Å²) in [6.45, 7) is 7.64. The third-order valence-electron chi connectivity index (χ3n) is 3.72. The summed E-state index contributed by atoms with van der Waals surface area (Å²) in [5.41, 5.74) is 0.480. The number of nitrogens with zero attached hydrogens (tertiary/aromatic N) is 2. The van der Waals surface area contributed by atoms with Crippen LogP contribution in [0.15, 0.2) is 6.07 Å². The Bertz CT molecular complexity index is 606. The molecule has 96 valence electrons. The van der Waals surface area contributed by atoms with Gasteiger partial charge in [-0.15, -0.1) is 11.3 Å². The summed E-state index contributed by atoms with van der Waals surface area (Å²) in [4.78, 5) is 10.8. The molecule has 2 heterocycles. The average Bonchev–Trinajstić information content (AvgIpc) is 2.69. The molecule has 2 aromatic heterocycles. The fourth-order valence-electron chi connectivity index (χ4n) is 2.30. The molecule has 0 aliphatic heterocycles. The number of halogens is 1. The molecule has 1 unspecified atom stereocenters. The van der Waals surface area contributed by atoms with Crippen molar-refractivity contribution in [3.8, 4) is 0 Å². The van der Waals surface area contributed by atoms with Crippen molar-refractivity contribution in [3.05, 3.63) is 16.2 Å².